The third kappa shape index (κ3) is 4.59. The van der Waals surface area contributed by atoms with Gasteiger partial charge in [0.25, 0.3) is 0 Å². The maximum absolute atomic E-state index is 12.6. The Morgan fingerprint density at radius 1 is 1.37 bits per heavy atom. The van der Waals surface area contributed by atoms with Crippen LogP contribution in [0.5, 0.6) is 0 Å². The minimum absolute atomic E-state index is 0.0228. The number of thiazole rings is 1. The van der Waals surface area contributed by atoms with Crippen LogP contribution in [0, 0.1) is 12.8 Å². The van der Waals surface area contributed by atoms with Gasteiger partial charge in [0.15, 0.2) is 10.8 Å². The highest BCUT2D eigenvalue weighted by Gasteiger charge is 2.21. The van der Waals surface area contributed by atoms with E-state index in [1.54, 1.807) is 17.7 Å². The molecule has 8 heteroatoms. The van der Waals surface area contributed by atoms with Crippen molar-refractivity contribution in [1.82, 2.24) is 15.0 Å². The molecule has 0 radical (unpaired) electrons. The highest BCUT2D eigenvalue weighted by Crippen LogP contribution is 2.35. The number of carbonyl (C=O) groups is 1. The quantitative estimate of drug-likeness (QED) is 0.432. The first-order chi connectivity index (χ1) is 14.5. The zero-order valence-electron chi connectivity index (χ0n) is 17.6. The summed E-state index contributed by atoms with van der Waals surface area (Å²) in [6.07, 6.45) is 4.90. The molecule has 1 fully saturated rings. The van der Waals surface area contributed by atoms with Crippen molar-refractivity contribution >= 4 is 50.2 Å². The Labute approximate surface area is 185 Å². The van der Waals surface area contributed by atoms with Crippen molar-refractivity contribution in [3.05, 3.63) is 35.7 Å². The maximum Gasteiger partial charge on any atom is 0.234 e. The van der Waals surface area contributed by atoms with E-state index in [2.05, 4.69) is 40.1 Å². The van der Waals surface area contributed by atoms with Gasteiger partial charge in [-0.05, 0) is 43.2 Å². The van der Waals surface area contributed by atoms with Crippen LogP contribution in [0.1, 0.15) is 37.8 Å². The number of fused-ring (bicyclic) bond motifs is 1. The fourth-order valence-electron chi connectivity index (χ4n) is 3.84. The van der Waals surface area contributed by atoms with E-state index in [1.807, 2.05) is 19.1 Å². The summed E-state index contributed by atoms with van der Waals surface area (Å²) in [6, 6.07) is 6.11. The number of aryl methyl sites for hydroxylation is 2. The highest BCUT2D eigenvalue weighted by atomic mass is 32.2. The molecule has 0 bridgehead atoms. The fraction of sp³-hybridized carbons (Fsp3) is 0.455. The van der Waals surface area contributed by atoms with Gasteiger partial charge in [0.2, 0.25) is 5.91 Å². The second kappa shape index (κ2) is 9.31. The molecule has 1 N–H and O–H groups in total. The number of rotatable bonds is 6. The Morgan fingerprint density at radius 2 is 2.23 bits per heavy atom. The van der Waals surface area contributed by atoms with E-state index in [-0.39, 0.29) is 5.91 Å². The van der Waals surface area contributed by atoms with Crippen LogP contribution >= 0.6 is 23.1 Å². The van der Waals surface area contributed by atoms with Gasteiger partial charge in [0, 0.05) is 18.8 Å². The number of hydrogen-bond acceptors (Lipinski definition) is 7. The van der Waals surface area contributed by atoms with Gasteiger partial charge in [-0.2, -0.15) is 4.98 Å². The minimum Gasteiger partial charge on any atom is -0.348 e. The summed E-state index contributed by atoms with van der Waals surface area (Å²) in [5.74, 6) is 0.964. The molecule has 4 rings (SSSR count). The van der Waals surface area contributed by atoms with E-state index in [1.165, 1.54) is 24.6 Å². The van der Waals surface area contributed by atoms with Crippen molar-refractivity contribution in [2.45, 2.75) is 45.1 Å². The lowest BCUT2D eigenvalue weighted by molar-refractivity contribution is -0.113. The van der Waals surface area contributed by atoms with Crippen LogP contribution in [-0.2, 0) is 11.2 Å². The lowest BCUT2D eigenvalue weighted by atomic mass is 10.0. The molecular formula is C22H27N5OS2. The summed E-state index contributed by atoms with van der Waals surface area (Å²) < 4.78 is 0.966. The summed E-state index contributed by atoms with van der Waals surface area (Å²) in [5, 5.41) is 4.92. The second-order valence-electron chi connectivity index (χ2n) is 7.82. The predicted molar refractivity (Wildman–Crippen MR) is 126 cm³/mol. The minimum atomic E-state index is -0.0228. The number of nitrogens with zero attached hydrogens (tertiary/aromatic N) is 4. The van der Waals surface area contributed by atoms with E-state index >= 15 is 0 Å². The topological polar surface area (TPSA) is 71.0 Å². The van der Waals surface area contributed by atoms with Crippen LogP contribution in [0.4, 0.5) is 10.8 Å². The largest absolute Gasteiger partial charge is 0.348 e. The van der Waals surface area contributed by atoms with E-state index in [4.69, 9.17) is 4.98 Å². The molecule has 1 aliphatic rings. The predicted octanol–water partition coefficient (Wildman–Crippen LogP) is 4.92. The molecule has 6 nitrogen and oxygen atoms in total. The number of piperidine rings is 1. The third-order valence-corrected chi connectivity index (χ3v) is 7.65. The Hall–Kier alpha value is -2.19. The molecule has 30 heavy (non-hydrogen) atoms. The molecule has 1 atom stereocenters. The number of carbonyl (C=O) groups excluding carboxylic acids is 1. The maximum atomic E-state index is 12.6. The van der Waals surface area contributed by atoms with E-state index < -0.39 is 0 Å². The van der Waals surface area contributed by atoms with Crippen LogP contribution in [-0.4, -0.2) is 39.7 Å². The molecular weight excluding hydrogens is 414 g/mol. The van der Waals surface area contributed by atoms with Crippen LogP contribution in [0.25, 0.3) is 10.3 Å². The molecule has 0 saturated carbocycles. The van der Waals surface area contributed by atoms with Gasteiger partial charge in [-0.25, -0.2) is 9.97 Å². The Balaban J connectivity index is 1.47. The Kier molecular flexibility index (Phi) is 6.53. The molecule has 1 amide bonds. The first kappa shape index (κ1) is 21.1. The Morgan fingerprint density at radius 3 is 3.03 bits per heavy atom. The molecule has 1 aliphatic heterocycles. The number of thioether (sulfide) groups is 1. The summed E-state index contributed by atoms with van der Waals surface area (Å²) in [5.41, 5.74) is 3.89. The molecule has 3 heterocycles. The summed E-state index contributed by atoms with van der Waals surface area (Å²) in [4.78, 5) is 28.5. The number of amides is 1. The smallest absolute Gasteiger partial charge is 0.234 e. The SMILES string of the molecule is CCc1cccc(C)c1NC(=O)CSc1ncnc2nc(N3CCCC(C)C3)sc12. The monoisotopic (exact) mass is 441 g/mol. The van der Waals surface area contributed by atoms with Gasteiger partial charge >= 0.3 is 0 Å². The number of anilines is 2. The van der Waals surface area contributed by atoms with Gasteiger partial charge in [-0.15, -0.1) is 0 Å². The van der Waals surface area contributed by atoms with E-state index in [9.17, 15) is 4.79 Å². The normalized spacial score (nSPS) is 16.8. The van der Waals surface area contributed by atoms with Crippen molar-refractivity contribution in [3.63, 3.8) is 0 Å². The number of benzene rings is 1. The first-order valence-corrected chi connectivity index (χ1v) is 12.2. The van der Waals surface area contributed by atoms with E-state index in [0.717, 1.165) is 56.8 Å². The fourth-order valence-corrected chi connectivity index (χ4v) is 5.76. The van der Waals surface area contributed by atoms with Gasteiger partial charge < -0.3 is 10.2 Å². The zero-order chi connectivity index (χ0) is 21.1. The lowest BCUT2D eigenvalue weighted by Crippen LogP contribution is -2.34. The second-order valence-corrected chi connectivity index (χ2v) is 9.76. The summed E-state index contributed by atoms with van der Waals surface area (Å²) >= 11 is 3.08. The van der Waals surface area contributed by atoms with Crippen LogP contribution in [0.3, 0.4) is 0 Å². The molecule has 1 saturated heterocycles. The highest BCUT2D eigenvalue weighted by molar-refractivity contribution is 8.00. The number of para-hydroxylation sites is 1. The van der Waals surface area contributed by atoms with Crippen molar-refractivity contribution < 1.29 is 4.79 Å². The average molecular weight is 442 g/mol. The molecule has 0 spiro atoms. The van der Waals surface area contributed by atoms with Crippen LogP contribution < -0.4 is 10.2 Å². The van der Waals surface area contributed by atoms with Gasteiger partial charge in [0.05, 0.1) is 5.75 Å². The molecule has 2 aromatic heterocycles. The van der Waals surface area contributed by atoms with Crippen molar-refractivity contribution in [2.75, 3.05) is 29.1 Å². The van der Waals surface area contributed by atoms with E-state index in [0.29, 0.717) is 11.7 Å². The molecule has 1 aromatic carbocycles. The van der Waals surface area contributed by atoms with Crippen LogP contribution in [0.2, 0.25) is 0 Å². The van der Waals surface area contributed by atoms with Gasteiger partial charge in [0.1, 0.15) is 16.1 Å². The number of nitrogens with one attached hydrogen (secondary N) is 1. The van der Waals surface area contributed by atoms with Crippen molar-refractivity contribution in [3.8, 4) is 0 Å². The van der Waals surface area contributed by atoms with Gasteiger partial charge in [-0.3, -0.25) is 4.79 Å². The standard InChI is InChI=1S/C22H27N5OS2/c1-4-16-9-5-8-15(3)18(16)25-17(28)12-29-21-19-20(23-13-24-21)26-22(30-19)27-10-6-7-14(2)11-27/h5,8-9,13-14H,4,6-7,10-12H2,1-3H3,(H,25,28). The number of aromatic nitrogens is 3. The van der Waals surface area contributed by atoms with Gasteiger partial charge in [-0.1, -0.05) is 55.1 Å². The lowest BCUT2D eigenvalue weighted by Gasteiger charge is -2.30. The molecule has 3 aromatic rings. The van der Waals surface area contributed by atoms with Crippen LogP contribution in [0.15, 0.2) is 29.6 Å². The first-order valence-electron chi connectivity index (χ1n) is 10.4. The van der Waals surface area contributed by atoms with Crippen molar-refractivity contribution in [1.29, 1.82) is 0 Å². The zero-order valence-corrected chi connectivity index (χ0v) is 19.3. The number of hydrogen-bond donors (Lipinski definition) is 1. The average Bonchev–Trinajstić information content (AvgIpc) is 3.19. The molecule has 0 aliphatic carbocycles. The summed E-state index contributed by atoms with van der Waals surface area (Å²) in [7, 11) is 0. The summed E-state index contributed by atoms with van der Waals surface area (Å²) in [6.45, 7) is 8.49. The third-order valence-electron chi connectivity index (χ3n) is 5.42. The van der Waals surface area contributed by atoms with Crippen molar-refractivity contribution in [2.24, 2.45) is 5.92 Å². The Bertz CT molecular complexity index is 1050. The molecule has 158 valence electrons. The molecule has 1 unspecified atom stereocenters.